The van der Waals surface area contributed by atoms with Crippen LogP contribution >= 0.6 is 0 Å². The molecule has 0 unspecified atom stereocenters. The van der Waals surface area contributed by atoms with Crippen molar-refractivity contribution in [2.75, 3.05) is 23.3 Å². The van der Waals surface area contributed by atoms with E-state index in [-0.39, 0.29) is 17.9 Å². The fourth-order valence-electron chi connectivity index (χ4n) is 3.86. The van der Waals surface area contributed by atoms with E-state index in [9.17, 15) is 9.59 Å². The summed E-state index contributed by atoms with van der Waals surface area (Å²) in [4.78, 5) is 34.4. The molecule has 150 valence electrons. The Labute approximate surface area is 170 Å². The Morgan fingerprint density at radius 2 is 1.72 bits per heavy atom. The minimum atomic E-state index is -0.169. The summed E-state index contributed by atoms with van der Waals surface area (Å²) in [5.41, 5.74) is 2.41. The van der Waals surface area contributed by atoms with Gasteiger partial charge < -0.3 is 15.2 Å². The van der Waals surface area contributed by atoms with Gasteiger partial charge in [0.05, 0.1) is 22.3 Å². The summed E-state index contributed by atoms with van der Waals surface area (Å²) in [6.07, 6.45) is 5.55. The van der Waals surface area contributed by atoms with Crippen molar-refractivity contribution in [2.24, 2.45) is 0 Å². The Morgan fingerprint density at radius 3 is 2.55 bits per heavy atom. The highest BCUT2D eigenvalue weighted by molar-refractivity contribution is 5.94. The normalized spacial score (nSPS) is 14.6. The summed E-state index contributed by atoms with van der Waals surface area (Å²) in [5, 5.41) is 3.61. The van der Waals surface area contributed by atoms with Gasteiger partial charge >= 0.3 is 0 Å². The van der Waals surface area contributed by atoms with Gasteiger partial charge in [-0.2, -0.15) is 0 Å². The zero-order chi connectivity index (χ0) is 20.1. The third-order valence-electron chi connectivity index (χ3n) is 5.38. The largest absolute Gasteiger partial charge is 0.370 e. The molecule has 0 aliphatic carbocycles. The van der Waals surface area contributed by atoms with E-state index in [0.717, 1.165) is 24.5 Å². The highest BCUT2D eigenvalue weighted by Crippen LogP contribution is 2.28. The molecule has 1 aliphatic rings. The SMILES string of the molecule is O=C(CCc1nc2ccccc2c(=O)[nH]1)Nc1ccccc1N1CCCCCC1. The van der Waals surface area contributed by atoms with E-state index in [1.165, 1.54) is 25.7 Å². The molecule has 0 bridgehead atoms. The van der Waals surface area contributed by atoms with Gasteiger partial charge in [-0.15, -0.1) is 0 Å². The molecule has 0 radical (unpaired) electrons. The van der Waals surface area contributed by atoms with Crippen molar-refractivity contribution in [2.45, 2.75) is 38.5 Å². The van der Waals surface area contributed by atoms with Crippen LogP contribution in [0.25, 0.3) is 10.9 Å². The number of nitrogens with zero attached hydrogens (tertiary/aromatic N) is 2. The molecule has 1 amide bonds. The van der Waals surface area contributed by atoms with Gasteiger partial charge in [-0.1, -0.05) is 37.1 Å². The molecule has 1 fully saturated rings. The molecule has 4 rings (SSSR count). The topological polar surface area (TPSA) is 78.1 Å². The second-order valence-corrected chi connectivity index (χ2v) is 7.50. The molecule has 6 nitrogen and oxygen atoms in total. The van der Waals surface area contributed by atoms with E-state index >= 15 is 0 Å². The second kappa shape index (κ2) is 8.90. The Kier molecular flexibility index (Phi) is 5.89. The molecule has 2 heterocycles. The second-order valence-electron chi connectivity index (χ2n) is 7.50. The number of carbonyl (C=O) groups excluding carboxylic acids is 1. The van der Waals surface area contributed by atoms with Crippen LogP contribution in [0.3, 0.4) is 0 Å². The van der Waals surface area contributed by atoms with E-state index in [1.807, 2.05) is 36.4 Å². The summed E-state index contributed by atoms with van der Waals surface area (Å²) in [5.74, 6) is 0.452. The molecule has 1 saturated heterocycles. The molecule has 0 spiro atoms. The maximum absolute atomic E-state index is 12.6. The standard InChI is InChI=1S/C23H26N4O2/c28-22(14-13-21-24-18-10-4-3-9-17(18)23(29)26-21)25-19-11-5-6-12-20(19)27-15-7-1-2-8-16-27/h3-6,9-12H,1-2,7-8,13-16H2,(H,25,28)(H,24,26,29). The molecule has 1 aliphatic heterocycles. The molecular weight excluding hydrogens is 364 g/mol. The van der Waals surface area contributed by atoms with Gasteiger partial charge in [-0.3, -0.25) is 9.59 Å². The minimum absolute atomic E-state index is 0.0805. The van der Waals surface area contributed by atoms with Crippen LogP contribution in [0, 0.1) is 0 Å². The van der Waals surface area contributed by atoms with Crippen LogP contribution in [-0.2, 0) is 11.2 Å². The number of aryl methyl sites for hydroxylation is 1. The Balaban J connectivity index is 1.43. The number of H-pyrrole nitrogens is 1. The number of aromatic amines is 1. The van der Waals surface area contributed by atoms with Gasteiger partial charge in [-0.25, -0.2) is 4.98 Å². The number of aromatic nitrogens is 2. The zero-order valence-electron chi connectivity index (χ0n) is 16.5. The lowest BCUT2D eigenvalue weighted by atomic mass is 10.2. The number of rotatable bonds is 5. The maximum Gasteiger partial charge on any atom is 0.258 e. The van der Waals surface area contributed by atoms with Crippen molar-refractivity contribution < 1.29 is 4.79 Å². The average molecular weight is 390 g/mol. The van der Waals surface area contributed by atoms with Crippen LogP contribution in [0.1, 0.15) is 37.9 Å². The summed E-state index contributed by atoms with van der Waals surface area (Å²) < 4.78 is 0. The van der Waals surface area contributed by atoms with Crippen LogP contribution in [0.4, 0.5) is 11.4 Å². The molecule has 2 aromatic carbocycles. The molecule has 29 heavy (non-hydrogen) atoms. The number of fused-ring (bicyclic) bond motifs is 1. The van der Waals surface area contributed by atoms with E-state index in [0.29, 0.717) is 23.1 Å². The number of para-hydroxylation sites is 3. The summed E-state index contributed by atoms with van der Waals surface area (Å²) in [6, 6.07) is 15.2. The molecule has 0 atom stereocenters. The third-order valence-corrected chi connectivity index (χ3v) is 5.38. The number of anilines is 2. The van der Waals surface area contributed by atoms with Crippen molar-refractivity contribution in [3.05, 3.63) is 64.7 Å². The summed E-state index contributed by atoms with van der Waals surface area (Å²) >= 11 is 0. The van der Waals surface area contributed by atoms with E-state index in [2.05, 4.69) is 26.3 Å². The first kappa shape index (κ1) is 19.2. The first-order valence-electron chi connectivity index (χ1n) is 10.3. The van der Waals surface area contributed by atoms with Gasteiger partial charge in [0.2, 0.25) is 5.91 Å². The van der Waals surface area contributed by atoms with Gasteiger partial charge in [-0.05, 0) is 37.1 Å². The molecule has 6 heteroatoms. The fraction of sp³-hybridized carbons (Fsp3) is 0.348. The van der Waals surface area contributed by atoms with Gasteiger partial charge in [0.25, 0.3) is 5.56 Å². The number of nitrogens with one attached hydrogen (secondary N) is 2. The lowest BCUT2D eigenvalue weighted by molar-refractivity contribution is -0.116. The van der Waals surface area contributed by atoms with Crippen LogP contribution in [0.5, 0.6) is 0 Å². The smallest absolute Gasteiger partial charge is 0.258 e. The highest BCUT2D eigenvalue weighted by Gasteiger charge is 2.15. The minimum Gasteiger partial charge on any atom is -0.370 e. The van der Waals surface area contributed by atoms with Gasteiger partial charge in [0.15, 0.2) is 0 Å². The van der Waals surface area contributed by atoms with Gasteiger partial charge in [0.1, 0.15) is 5.82 Å². The van der Waals surface area contributed by atoms with Crippen LogP contribution in [0.2, 0.25) is 0 Å². The molecule has 2 N–H and O–H groups in total. The Bertz CT molecular complexity index is 1050. The van der Waals surface area contributed by atoms with E-state index in [4.69, 9.17) is 0 Å². The van der Waals surface area contributed by atoms with Crippen molar-refractivity contribution >= 4 is 28.2 Å². The predicted molar refractivity (Wildman–Crippen MR) is 116 cm³/mol. The van der Waals surface area contributed by atoms with Crippen LogP contribution in [-0.4, -0.2) is 29.0 Å². The molecule has 1 aromatic heterocycles. The lowest BCUT2D eigenvalue weighted by Gasteiger charge is -2.25. The van der Waals surface area contributed by atoms with Crippen molar-refractivity contribution in [3.63, 3.8) is 0 Å². The number of carbonyl (C=O) groups is 1. The van der Waals surface area contributed by atoms with Crippen molar-refractivity contribution in [1.82, 2.24) is 9.97 Å². The highest BCUT2D eigenvalue weighted by atomic mass is 16.1. The number of hydrogen-bond acceptors (Lipinski definition) is 4. The lowest BCUT2D eigenvalue weighted by Crippen LogP contribution is -2.25. The fourth-order valence-corrected chi connectivity index (χ4v) is 3.86. The predicted octanol–water partition coefficient (Wildman–Crippen LogP) is 3.87. The number of amides is 1. The summed E-state index contributed by atoms with van der Waals surface area (Å²) in [6.45, 7) is 2.05. The first-order valence-corrected chi connectivity index (χ1v) is 10.3. The Morgan fingerprint density at radius 1 is 1.00 bits per heavy atom. The van der Waals surface area contributed by atoms with E-state index in [1.54, 1.807) is 6.07 Å². The van der Waals surface area contributed by atoms with Gasteiger partial charge in [0, 0.05) is 25.9 Å². The zero-order valence-corrected chi connectivity index (χ0v) is 16.5. The molecule has 3 aromatic rings. The molecular formula is C23H26N4O2. The number of benzene rings is 2. The average Bonchev–Trinajstić information content (AvgIpc) is 3.02. The first-order chi connectivity index (χ1) is 14.2. The van der Waals surface area contributed by atoms with Crippen LogP contribution in [0.15, 0.2) is 53.3 Å². The monoisotopic (exact) mass is 390 g/mol. The summed E-state index contributed by atoms with van der Waals surface area (Å²) in [7, 11) is 0. The van der Waals surface area contributed by atoms with Crippen molar-refractivity contribution in [3.8, 4) is 0 Å². The maximum atomic E-state index is 12.6. The Hall–Kier alpha value is -3.15. The number of hydrogen-bond donors (Lipinski definition) is 2. The van der Waals surface area contributed by atoms with Crippen LogP contribution < -0.4 is 15.8 Å². The quantitative estimate of drug-likeness (QED) is 0.693. The molecule has 0 saturated carbocycles. The van der Waals surface area contributed by atoms with E-state index < -0.39 is 0 Å². The third kappa shape index (κ3) is 4.65. The van der Waals surface area contributed by atoms with Crippen molar-refractivity contribution in [1.29, 1.82) is 0 Å².